The van der Waals surface area contributed by atoms with Crippen molar-refractivity contribution < 1.29 is 42.9 Å². The third-order valence-electron chi connectivity index (χ3n) is 2.97. The van der Waals surface area contributed by atoms with E-state index in [1.165, 1.54) is 0 Å². The van der Waals surface area contributed by atoms with Crippen molar-refractivity contribution in [3.05, 3.63) is 36.7 Å². The molecule has 0 atom stereocenters. The molecule has 2 rings (SSSR count). The molecule has 0 fully saturated rings. The van der Waals surface area contributed by atoms with Gasteiger partial charge in [-0.1, -0.05) is 0 Å². The molecule has 152 valence electrons. The second-order valence-corrected chi connectivity index (χ2v) is 7.29. The number of halogens is 9. The van der Waals surface area contributed by atoms with Crippen LogP contribution in [0.25, 0.3) is 0 Å². The molecule has 0 aliphatic carbocycles. The zero-order chi connectivity index (χ0) is 20.3. The van der Waals surface area contributed by atoms with E-state index in [1.807, 2.05) is 34.5 Å². The van der Waals surface area contributed by atoms with E-state index in [0.717, 1.165) is 5.82 Å². The van der Waals surface area contributed by atoms with Crippen LogP contribution in [0.4, 0.5) is 38.4 Å². The molecule has 0 saturated carbocycles. The van der Waals surface area contributed by atoms with Crippen molar-refractivity contribution in [3.8, 4) is 0 Å². The molecule has 2 aromatic rings. The summed E-state index contributed by atoms with van der Waals surface area (Å²) < 4.78 is 101. The van der Waals surface area contributed by atoms with Gasteiger partial charge in [-0.2, -0.15) is 18.3 Å². The van der Waals surface area contributed by atoms with E-state index in [4.69, 9.17) is 0 Å². The summed E-state index contributed by atoms with van der Waals surface area (Å²) in [6, 6.07) is 1.83. The summed E-state index contributed by atoms with van der Waals surface area (Å²) >= 11 is 0. The molecule has 14 heteroatoms. The van der Waals surface area contributed by atoms with Gasteiger partial charge in [0.1, 0.15) is 12.4 Å². The standard InChI is InChI=1S/C12H16F3N4.F6P/c1-11-17(6-2-4-12(13,14)15)8-9-18(11)10-19-7-3-5-16-19;1-7(2,3,4,5)6/h3,5,7-9H,2,4,6,10H2,1H3;/q+1;-1. The van der Waals surface area contributed by atoms with Crippen LogP contribution in [-0.4, -0.2) is 20.5 Å². The van der Waals surface area contributed by atoms with Gasteiger partial charge in [0.25, 0.3) is 5.82 Å². The number of hydrogen-bond acceptors (Lipinski definition) is 1. The van der Waals surface area contributed by atoms with Gasteiger partial charge in [0.2, 0.25) is 0 Å². The fourth-order valence-electron chi connectivity index (χ4n) is 1.92. The minimum atomic E-state index is -10.7. The fraction of sp³-hybridized carbons (Fsp3) is 0.500. The first-order valence-electron chi connectivity index (χ1n) is 7.06. The van der Waals surface area contributed by atoms with E-state index in [2.05, 4.69) is 5.10 Å². The van der Waals surface area contributed by atoms with Crippen LogP contribution in [0.15, 0.2) is 30.9 Å². The van der Waals surface area contributed by atoms with Crippen molar-refractivity contribution in [1.82, 2.24) is 14.3 Å². The van der Waals surface area contributed by atoms with E-state index in [1.54, 1.807) is 17.1 Å². The average molecular weight is 418 g/mol. The van der Waals surface area contributed by atoms with Crippen LogP contribution in [0.5, 0.6) is 0 Å². The van der Waals surface area contributed by atoms with Crippen molar-refractivity contribution in [3.63, 3.8) is 0 Å². The molecule has 2 aromatic heterocycles. The van der Waals surface area contributed by atoms with Crippen LogP contribution in [-0.2, 0) is 13.2 Å². The molecule has 2 heterocycles. The summed E-state index contributed by atoms with van der Waals surface area (Å²) in [4.78, 5) is 0. The Kier molecular flexibility index (Phi) is 5.78. The minimum absolute atomic E-state index is 0.0980. The van der Waals surface area contributed by atoms with E-state index in [0.29, 0.717) is 13.2 Å². The van der Waals surface area contributed by atoms with E-state index in [9.17, 15) is 38.4 Å². The number of nitrogens with zero attached hydrogens (tertiary/aromatic N) is 4. The molecule has 0 amide bonds. The van der Waals surface area contributed by atoms with Gasteiger partial charge >= 0.3 is 39.2 Å². The first-order valence-corrected chi connectivity index (χ1v) is 9.09. The van der Waals surface area contributed by atoms with Crippen molar-refractivity contribution in [2.24, 2.45) is 0 Å². The molecule has 0 saturated heterocycles. The van der Waals surface area contributed by atoms with Gasteiger partial charge in [-0.3, -0.25) is 0 Å². The molecule has 0 spiro atoms. The Labute approximate surface area is 142 Å². The summed E-state index contributed by atoms with van der Waals surface area (Å²) in [5.74, 6) is 0.915. The van der Waals surface area contributed by atoms with Gasteiger partial charge in [0.15, 0.2) is 6.67 Å². The van der Waals surface area contributed by atoms with Gasteiger partial charge < -0.3 is 0 Å². The SMILES string of the molecule is Cc1n(CCCC(F)(F)F)cc[n+]1Cn1cccn1.F[P-](F)(F)(F)(F)F. The quantitative estimate of drug-likeness (QED) is 0.357. The molecule has 0 aromatic carbocycles. The number of imidazole rings is 1. The number of aromatic nitrogens is 4. The zero-order valence-corrected chi connectivity index (χ0v) is 14.2. The Morgan fingerprint density at radius 3 is 2.12 bits per heavy atom. The second kappa shape index (κ2) is 6.75. The Bertz CT molecular complexity index is 690. The molecule has 0 aliphatic heterocycles. The van der Waals surface area contributed by atoms with E-state index in [-0.39, 0.29) is 6.42 Å². The van der Waals surface area contributed by atoms with Gasteiger partial charge in [-0.15, -0.1) is 0 Å². The molecule has 0 unspecified atom stereocenters. The third-order valence-corrected chi connectivity index (χ3v) is 2.97. The molecule has 4 nitrogen and oxygen atoms in total. The molecule has 0 aliphatic rings. The van der Waals surface area contributed by atoms with Gasteiger partial charge in [-0.25, -0.2) is 13.8 Å². The molecule has 0 N–H and O–H groups in total. The summed E-state index contributed by atoms with van der Waals surface area (Å²) in [6.45, 7) is 2.82. The van der Waals surface area contributed by atoms with Crippen LogP contribution < -0.4 is 4.57 Å². The van der Waals surface area contributed by atoms with Gasteiger partial charge in [0, 0.05) is 25.7 Å². The van der Waals surface area contributed by atoms with E-state index < -0.39 is 20.4 Å². The third kappa shape index (κ3) is 11.7. The van der Waals surface area contributed by atoms with Gasteiger partial charge in [-0.05, 0) is 12.5 Å². The summed E-state index contributed by atoms with van der Waals surface area (Å²) in [5.41, 5.74) is 0. The molecule has 0 radical (unpaired) electrons. The first kappa shape index (κ1) is 22.3. The summed E-state index contributed by atoms with van der Waals surface area (Å²) in [6.07, 6.45) is 2.46. The van der Waals surface area contributed by atoms with Crippen LogP contribution in [0.3, 0.4) is 0 Å². The summed E-state index contributed by atoms with van der Waals surface area (Å²) in [7, 11) is -10.7. The topological polar surface area (TPSA) is 26.6 Å². The Morgan fingerprint density at radius 2 is 1.65 bits per heavy atom. The van der Waals surface area contributed by atoms with Crippen LogP contribution in [0.2, 0.25) is 0 Å². The van der Waals surface area contributed by atoms with Gasteiger partial charge in [0.05, 0.1) is 6.54 Å². The number of rotatable bonds is 5. The monoisotopic (exact) mass is 418 g/mol. The van der Waals surface area contributed by atoms with Crippen LogP contribution in [0, 0.1) is 6.92 Å². The molecular weight excluding hydrogens is 402 g/mol. The predicted molar refractivity (Wildman–Crippen MR) is 75.8 cm³/mol. The Balaban J connectivity index is 0.000000412. The Hall–Kier alpha value is -1.78. The van der Waals surface area contributed by atoms with Crippen molar-refractivity contribution in [2.75, 3.05) is 0 Å². The fourth-order valence-corrected chi connectivity index (χ4v) is 1.92. The number of alkyl halides is 3. The van der Waals surface area contributed by atoms with Crippen LogP contribution in [0.1, 0.15) is 18.7 Å². The average Bonchev–Trinajstić information content (AvgIpc) is 2.98. The maximum absolute atomic E-state index is 12.1. The first-order chi connectivity index (χ1) is 11.4. The number of hydrogen-bond donors (Lipinski definition) is 0. The van der Waals surface area contributed by atoms with Crippen molar-refractivity contribution in [2.45, 2.75) is 39.2 Å². The number of aryl methyl sites for hydroxylation is 1. The predicted octanol–water partition coefficient (Wildman–Crippen LogP) is 5.51. The summed E-state index contributed by atoms with van der Waals surface area (Å²) in [5, 5.41) is 4.09. The molecule has 0 bridgehead atoms. The normalized spacial score (nSPS) is 15.0. The van der Waals surface area contributed by atoms with Crippen molar-refractivity contribution >= 4 is 7.81 Å². The molecular formula is C12H16F9N4P. The van der Waals surface area contributed by atoms with Crippen LogP contribution >= 0.6 is 7.81 Å². The van der Waals surface area contributed by atoms with E-state index >= 15 is 0 Å². The maximum atomic E-state index is 12.1. The second-order valence-electron chi connectivity index (χ2n) is 5.37. The van der Waals surface area contributed by atoms with Crippen molar-refractivity contribution in [1.29, 1.82) is 0 Å². The molecule has 26 heavy (non-hydrogen) atoms. The Morgan fingerprint density at radius 1 is 1.08 bits per heavy atom. The zero-order valence-electron chi connectivity index (χ0n) is 13.4.